The van der Waals surface area contributed by atoms with Gasteiger partial charge in [-0.15, -0.1) is 0 Å². The van der Waals surface area contributed by atoms with Crippen LogP contribution in [0.3, 0.4) is 0 Å². The molecule has 0 aliphatic heterocycles. The number of aliphatic hydroxyl groups is 1. The molecule has 6 heteroatoms. The first-order valence-electron chi connectivity index (χ1n) is 9.91. The lowest BCUT2D eigenvalue weighted by molar-refractivity contribution is 0.177. The van der Waals surface area contributed by atoms with E-state index < -0.39 is 6.10 Å². The highest BCUT2D eigenvalue weighted by Gasteiger charge is 2.17. The summed E-state index contributed by atoms with van der Waals surface area (Å²) >= 11 is 0. The summed E-state index contributed by atoms with van der Waals surface area (Å²) in [6, 6.07) is 19.0. The number of ether oxygens (including phenoxy) is 5. The van der Waals surface area contributed by atoms with E-state index in [9.17, 15) is 5.11 Å². The van der Waals surface area contributed by atoms with Crippen LogP contribution in [0.5, 0.6) is 28.7 Å². The Labute approximate surface area is 182 Å². The van der Waals surface area contributed by atoms with E-state index >= 15 is 0 Å². The average molecular weight is 424 g/mol. The van der Waals surface area contributed by atoms with Gasteiger partial charge in [-0.1, -0.05) is 36.4 Å². The zero-order chi connectivity index (χ0) is 22.2. The quantitative estimate of drug-likeness (QED) is 0.514. The fraction of sp³-hybridized carbons (Fsp3) is 0.280. The largest absolute Gasteiger partial charge is 0.493 e. The molecule has 3 aromatic rings. The molecule has 0 spiro atoms. The second-order valence-corrected chi connectivity index (χ2v) is 6.94. The maximum Gasteiger partial charge on any atom is 0.203 e. The van der Waals surface area contributed by atoms with Crippen LogP contribution in [0, 0.1) is 0 Å². The summed E-state index contributed by atoms with van der Waals surface area (Å²) in [5.41, 5.74) is 2.62. The topological polar surface area (TPSA) is 66.4 Å². The lowest BCUT2D eigenvalue weighted by Crippen LogP contribution is -2.05. The maximum atomic E-state index is 10.9. The van der Waals surface area contributed by atoms with Gasteiger partial charge in [0.05, 0.1) is 34.5 Å². The van der Waals surface area contributed by atoms with Crippen LogP contribution in [0.25, 0.3) is 0 Å². The van der Waals surface area contributed by atoms with E-state index in [1.54, 1.807) is 34.5 Å². The molecule has 0 saturated carbocycles. The number of rotatable bonds is 10. The van der Waals surface area contributed by atoms with Crippen LogP contribution in [0.2, 0.25) is 0 Å². The van der Waals surface area contributed by atoms with Gasteiger partial charge in [-0.3, -0.25) is 0 Å². The van der Waals surface area contributed by atoms with Crippen LogP contribution < -0.4 is 23.7 Å². The van der Waals surface area contributed by atoms with E-state index in [0.717, 1.165) is 16.7 Å². The van der Waals surface area contributed by atoms with Crippen molar-refractivity contribution >= 4 is 0 Å². The van der Waals surface area contributed by atoms with Crippen LogP contribution in [-0.4, -0.2) is 33.5 Å². The Balaban J connectivity index is 1.81. The van der Waals surface area contributed by atoms with Gasteiger partial charge in [-0.05, 0) is 41.0 Å². The third kappa shape index (κ3) is 5.41. The number of benzene rings is 3. The van der Waals surface area contributed by atoms with E-state index in [0.29, 0.717) is 41.8 Å². The van der Waals surface area contributed by atoms with E-state index in [-0.39, 0.29) is 0 Å². The van der Waals surface area contributed by atoms with Crippen LogP contribution in [0.15, 0.2) is 60.7 Å². The molecule has 6 nitrogen and oxygen atoms in total. The second kappa shape index (κ2) is 10.6. The molecule has 0 radical (unpaired) electrons. The molecule has 3 aromatic carbocycles. The predicted octanol–water partition coefficient (Wildman–Crippen LogP) is 4.58. The molecule has 0 aromatic heterocycles. The Kier molecular flexibility index (Phi) is 7.62. The van der Waals surface area contributed by atoms with Crippen molar-refractivity contribution in [3.63, 3.8) is 0 Å². The van der Waals surface area contributed by atoms with Gasteiger partial charge in [0.25, 0.3) is 0 Å². The maximum absolute atomic E-state index is 10.9. The lowest BCUT2D eigenvalue weighted by atomic mass is 10.00. The molecule has 0 amide bonds. The molecule has 0 heterocycles. The summed E-state index contributed by atoms with van der Waals surface area (Å²) in [4.78, 5) is 0. The Morgan fingerprint density at radius 3 is 1.90 bits per heavy atom. The minimum atomic E-state index is -0.757. The van der Waals surface area contributed by atoms with E-state index in [2.05, 4.69) is 0 Å². The van der Waals surface area contributed by atoms with Crippen molar-refractivity contribution in [2.24, 2.45) is 0 Å². The van der Waals surface area contributed by atoms with Crippen molar-refractivity contribution in [1.29, 1.82) is 0 Å². The second-order valence-electron chi connectivity index (χ2n) is 6.94. The first-order valence-corrected chi connectivity index (χ1v) is 9.91. The molecule has 164 valence electrons. The third-order valence-corrected chi connectivity index (χ3v) is 4.96. The molecular weight excluding hydrogens is 396 g/mol. The van der Waals surface area contributed by atoms with Crippen LogP contribution in [0.1, 0.15) is 22.8 Å². The van der Waals surface area contributed by atoms with Gasteiger partial charge >= 0.3 is 0 Å². The summed E-state index contributed by atoms with van der Waals surface area (Å²) in [5, 5.41) is 10.9. The van der Waals surface area contributed by atoms with Crippen molar-refractivity contribution in [3.8, 4) is 28.7 Å². The molecule has 0 bridgehead atoms. The highest BCUT2D eigenvalue weighted by molar-refractivity contribution is 5.54. The molecule has 3 rings (SSSR count). The van der Waals surface area contributed by atoms with Crippen molar-refractivity contribution in [2.45, 2.75) is 19.1 Å². The van der Waals surface area contributed by atoms with Crippen LogP contribution in [-0.2, 0) is 13.0 Å². The summed E-state index contributed by atoms with van der Waals surface area (Å²) in [5.74, 6) is 2.80. The Morgan fingerprint density at radius 1 is 0.677 bits per heavy atom. The highest BCUT2D eigenvalue weighted by Crippen LogP contribution is 2.39. The van der Waals surface area contributed by atoms with Gasteiger partial charge in [-0.2, -0.15) is 0 Å². The predicted molar refractivity (Wildman–Crippen MR) is 119 cm³/mol. The fourth-order valence-corrected chi connectivity index (χ4v) is 3.34. The number of aliphatic hydroxyl groups excluding tert-OH is 1. The Morgan fingerprint density at radius 2 is 1.32 bits per heavy atom. The zero-order valence-electron chi connectivity index (χ0n) is 18.3. The van der Waals surface area contributed by atoms with E-state index in [1.165, 1.54) is 0 Å². The molecule has 0 aliphatic rings. The Bertz CT molecular complexity index is 962. The monoisotopic (exact) mass is 424 g/mol. The van der Waals surface area contributed by atoms with Gasteiger partial charge in [0.1, 0.15) is 6.61 Å². The highest BCUT2D eigenvalue weighted by atomic mass is 16.5. The summed E-state index contributed by atoms with van der Waals surface area (Å²) in [6.45, 7) is 0.406. The molecule has 1 N–H and O–H groups in total. The molecule has 0 saturated heterocycles. The average Bonchev–Trinajstić information content (AvgIpc) is 2.82. The number of methoxy groups -OCH3 is 4. The number of hydrogen-bond acceptors (Lipinski definition) is 6. The standard InChI is InChI=1S/C25H28O6/c1-27-21-11-10-19(15-22(21)31-16-17-8-6-5-7-9-17)20(26)12-18-13-23(28-2)25(30-4)24(14-18)29-3/h5-11,13-15,20,26H,12,16H2,1-4H3. The number of hydrogen-bond donors (Lipinski definition) is 1. The molecule has 1 atom stereocenters. The van der Waals surface area contributed by atoms with Crippen molar-refractivity contribution in [3.05, 3.63) is 77.4 Å². The smallest absolute Gasteiger partial charge is 0.203 e. The molecule has 31 heavy (non-hydrogen) atoms. The fourth-order valence-electron chi connectivity index (χ4n) is 3.34. The SMILES string of the molecule is COc1ccc(C(O)Cc2cc(OC)c(OC)c(OC)c2)cc1OCc1ccccc1. The summed E-state index contributed by atoms with van der Waals surface area (Å²) in [7, 11) is 6.29. The lowest BCUT2D eigenvalue weighted by Gasteiger charge is -2.18. The first-order chi connectivity index (χ1) is 15.1. The minimum Gasteiger partial charge on any atom is -0.493 e. The van der Waals surface area contributed by atoms with Gasteiger partial charge in [0.2, 0.25) is 5.75 Å². The molecule has 1 unspecified atom stereocenters. The Hall–Kier alpha value is -3.38. The summed E-state index contributed by atoms with van der Waals surface area (Å²) < 4.78 is 27.6. The normalized spacial score (nSPS) is 11.5. The molecule has 0 aliphatic carbocycles. The van der Waals surface area contributed by atoms with Crippen LogP contribution >= 0.6 is 0 Å². The first kappa shape index (κ1) is 22.3. The van der Waals surface area contributed by atoms with Gasteiger partial charge in [-0.25, -0.2) is 0 Å². The zero-order valence-corrected chi connectivity index (χ0v) is 18.3. The molecule has 0 fully saturated rings. The van der Waals surface area contributed by atoms with Crippen molar-refractivity contribution in [1.82, 2.24) is 0 Å². The minimum absolute atomic E-state index is 0.362. The third-order valence-electron chi connectivity index (χ3n) is 4.96. The van der Waals surface area contributed by atoms with Crippen molar-refractivity contribution in [2.75, 3.05) is 28.4 Å². The van der Waals surface area contributed by atoms with Gasteiger partial charge < -0.3 is 28.8 Å². The van der Waals surface area contributed by atoms with Gasteiger partial charge in [0.15, 0.2) is 23.0 Å². The van der Waals surface area contributed by atoms with Gasteiger partial charge in [0, 0.05) is 6.42 Å². The summed E-state index contributed by atoms with van der Waals surface area (Å²) in [6.07, 6.45) is -0.394. The van der Waals surface area contributed by atoms with Crippen LogP contribution in [0.4, 0.5) is 0 Å². The van der Waals surface area contributed by atoms with Crippen molar-refractivity contribution < 1.29 is 28.8 Å². The van der Waals surface area contributed by atoms with E-state index in [4.69, 9.17) is 23.7 Å². The molecular formula is C25H28O6. The van der Waals surface area contributed by atoms with E-state index in [1.807, 2.05) is 54.6 Å².